The molecule has 5 nitrogen and oxygen atoms in total. The first-order valence-electron chi connectivity index (χ1n) is 8.94. The molecule has 0 radical (unpaired) electrons. The first-order valence-corrected chi connectivity index (χ1v) is 10.2. The molecule has 1 N–H and O–H groups in total. The van der Waals surface area contributed by atoms with Crippen molar-refractivity contribution in [2.24, 2.45) is 0 Å². The van der Waals surface area contributed by atoms with Crippen LogP contribution in [-0.4, -0.2) is 31.8 Å². The Morgan fingerprint density at radius 1 is 1.03 bits per heavy atom. The molecule has 3 aromatic rings. The Morgan fingerprint density at radius 2 is 1.79 bits per heavy atom. The van der Waals surface area contributed by atoms with Crippen LogP contribution in [0.15, 0.2) is 71.6 Å². The highest BCUT2D eigenvalue weighted by atomic mass is 32.2. The van der Waals surface area contributed by atoms with Crippen LogP contribution in [0.3, 0.4) is 0 Å². The number of nitrogens with one attached hydrogen (secondary N) is 1. The van der Waals surface area contributed by atoms with Crippen LogP contribution in [-0.2, 0) is 14.3 Å². The fraction of sp³-hybridized carbons (Fsp3) is 0.130. The summed E-state index contributed by atoms with van der Waals surface area (Å²) in [4.78, 5) is 24.9. The van der Waals surface area contributed by atoms with Gasteiger partial charge in [-0.2, -0.15) is 0 Å². The Hall–Kier alpha value is -3.25. The number of thioether (sulfide) groups is 1. The summed E-state index contributed by atoms with van der Waals surface area (Å²) < 4.78 is 10.2. The van der Waals surface area contributed by atoms with Crippen LogP contribution in [0.2, 0.25) is 0 Å². The number of methoxy groups -OCH3 is 1. The molecule has 0 aliphatic rings. The zero-order chi connectivity index (χ0) is 20.6. The molecule has 0 heterocycles. The molecular formula is C23H21NO4S. The number of amides is 1. The number of anilines is 1. The third kappa shape index (κ3) is 5.62. The Morgan fingerprint density at radius 3 is 2.59 bits per heavy atom. The minimum Gasteiger partial charge on any atom is -0.497 e. The lowest BCUT2D eigenvalue weighted by Gasteiger charge is -2.09. The lowest BCUT2D eigenvalue weighted by molar-refractivity contribution is -0.142. The van der Waals surface area contributed by atoms with Gasteiger partial charge >= 0.3 is 5.97 Å². The maximum absolute atomic E-state index is 12.0. The molecule has 0 saturated heterocycles. The number of hydrogen-bond acceptors (Lipinski definition) is 5. The topological polar surface area (TPSA) is 64.6 Å². The summed E-state index contributed by atoms with van der Waals surface area (Å²) in [6.45, 7) is -0.344. The van der Waals surface area contributed by atoms with Crippen LogP contribution in [0.4, 0.5) is 5.69 Å². The van der Waals surface area contributed by atoms with Gasteiger partial charge in [0.25, 0.3) is 5.91 Å². The summed E-state index contributed by atoms with van der Waals surface area (Å²) in [7, 11) is 1.63. The SMILES string of the molecule is COc1ccc2cc(/C=C/C(=O)OCC(=O)Nc3ccccc3SC)ccc2c1. The number of carbonyl (C=O) groups excluding carboxylic acids is 2. The second kappa shape index (κ2) is 9.80. The third-order valence-electron chi connectivity index (χ3n) is 4.21. The van der Waals surface area contributed by atoms with Crippen molar-refractivity contribution in [3.05, 3.63) is 72.3 Å². The second-order valence-corrected chi connectivity index (χ2v) is 7.01. The number of fused-ring (bicyclic) bond motifs is 1. The molecule has 0 spiro atoms. The lowest BCUT2D eigenvalue weighted by Crippen LogP contribution is -2.20. The van der Waals surface area contributed by atoms with Crippen molar-refractivity contribution in [2.45, 2.75) is 4.90 Å². The second-order valence-electron chi connectivity index (χ2n) is 6.16. The fourth-order valence-electron chi connectivity index (χ4n) is 2.76. The zero-order valence-electron chi connectivity index (χ0n) is 16.2. The number of rotatable bonds is 7. The van der Waals surface area contributed by atoms with Crippen molar-refractivity contribution in [1.82, 2.24) is 0 Å². The molecule has 0 atom stereocenters. The summed E-state index contributed by atoms with van der Waals surface area (Å²) in [6, 6.07) is 19.1. The van der Waals surface area contributed by atoms with E-state index in [0.29, 0.717) is 5.69 Å². The number of para-hydroxylation sites is 1. The predicted molar refractivity (Wildman–Crippen MR) is 117 cm³/mol. The molecule has 3 rings (SSSR count). The maximum Gasteiger partial charge on any atom is 0.331 e. The van der Waals surface area contributed by atoms with Gasteiger partial charge in [0.15, 0.2) is 6.61 Å². The van der Waals surface area contributed by atoms with E-state index < -0.39 is 5.97 Å². The van der Waals surface area contributed by atoms with Crippen molar-refractivity contribution in [3.63, 3.8) is 0 Å². The molecule has 148 valence electrons. The summed E-state index contributed by atoms with van der Waals surface area (Å²) in [5.74, 6) is -0.163. The van der Waals surface area contributed by atoms with E-state index in [4.69, 9.17) is 9.47 Å². The van der Waals surface area contributed by atoms with Crippen LogP contribution >= 0.6 is 11.8 Å². The first-order chi connectivity index (χ1) is 14.1. The number of ether oxygens (including phenoxy) is 2. The van der Waals surface area contributed by atoms with E-state index in [1.165, 1.54) is 17.8 Å². The molecule has 0 aromatic heterocycles. The highest BCUT2D eigenvalue weighted by Crippen LogP contribution is 2.24. The van der Waals surface area contributed by atoms with Crippen molar-refractivity contribution in [2.75, 3.05) is 25.3 Å². The van der Waals surface area contributed by atoms with Crippen molar-refractivity contribution >= 4 is 46.2 Å². The molecule has 0 aliphatic carbocycles. The van der Waals surface area contributed by atoms with Gasteiger partial charge in [0.1, 0.15) is 5.75 Å². The average molecular weight is 407 g/mol. The molecule has 0 fully saturated rings. The summed E-state index contributed by atoms with van der Waals surface area (Å²) in [6.07, 6.45) is 4.90. The minimum absolute atomic E-state index is 0.344. The normalized spacial score (nSPS) is 10.8. The van der Waals surface area contributed by atoms with Crippen molar-refractivity contribution in [1.29, 1.82) is 0 Å². The highest BCUT2D eigenvalue weighted by Gasteiger charge is 2.08. The van der Waals surface area contributed by atoms with Crippen LogP contribution in [0, 0.1) is 0 Å². The molecule has 0 unspecified atom stereocenters. The van der Waals surface area contributed by atoms with Crippen LogP contribution in [0.5, 0.6) is 5.75 Å². The molecule has 0 aliphatic heterocycles. The van der Waals surface area contributed by atoms with E-state index in [1.54, 1.807) is 19.3 Å². The van der Waals surface area contributed by atoms with Gasteiger partial charge in [-0.3, -0.25) is 4.79 Å². The molecule has 1 amide bonds. The van der Waals surface area contributed by atoms with Gasteiger partial charge in [-0.05, 0) is 59.0 Å². The molecule has 6 heteroatoms. The quantitative estimate of drug-likeness (QED) is 0.347. The fourth-order valence-corrected chi connectivity index (χ4v) is 3.31. The Bertz CT molecular complexity index is 1060. The van der Waals surface area contributed by atoms with Gasteiger partial charge in [-0.25, -0.2) is 4.79 Å². The maximum atomic E-state index is 12.0. The highest BCUT2D eigenvalue weighted by molar-refractivity contribution is 7.98. The van der Waals surface area contributed by atoms with E-state index in [9.17, 15) is 9.59 Å². The van der Waals surface area contributed by atoms with E-state index in [0.717, 1.165) is 27.0 Å². The zero-order valence-corrected chi connectivity index (χ0v) is 17.0. The van der Waals surface area contributed by atoms with Gasteiger partial charge < -0.3 is 14.8 Å². The van der Waals surface area contributed by atoms with E-state index in [2.05, 4.69) is 5.32 Å². The van der Waals surface area contributed by atoms with E-state index in [1.807, 2.05) is 60.9 Å². The van der Waals surface area contributed by atoms with Crippen LogP contribution < -0.4 is 10.1 Å². The first kappa shape index (κ1) is 20.5. The van der Waals surface area contributed by atoms with E-state index in [-0.39, 0.29) is 12.5 Å². The Kier molecular flexibility index (Phi) is 6.92. The largest absolute Gasteiger partial charge is 0.497 e. The lowest BCUT2D eigenvalue weighted by atomic mass is 10.1. The van der Waals surface area contributed by atoms with Gasteiger partial charge in [0, 0.05) is 11.0 Å². The molecule has 0 saturated carbocycles. The van der Waals surface area contributed by atoms with Gasteiger partial charge in [0.2, 0.25) is 0 Å². The smallest absolute Gasteiger partial charge is 0.331 e. The van der Waals surface area contributed by atoms with Crippen molar-refractivity contribution < 1.29 is 19.1 Å². The molecular weight excluding hydrogens is 386 g/mol. The summed E-state index contributed by atoms with van der Waals surface area (Å²) in [5.41, 5.74) is 1.56. The van der Waals surface area contributed by atoms with Crippen LogP contribution in [0.25, 0.3) is 16.8 Å². The van der Waals surface area contributed by atoms with Crippen molar-refractivity contribution in [3.8, 4) is 5.75 Å². The Labute approximate surface area is 173 Å². The number of hydrogen-bond donors (Lipinski definition) is 1. The molecule has 29 heavy (non-hydrogen) atoms. The average Bonchev–Trinajstić information content (AvgIpc) is 2.76. The Balaban J connectivity index is 1.55. The number of esters is 1. The van der Waals surface area contributed by atoms with Gasteiger partial charge in [-0.1, -0.05) is 30.3 Å². The van der Waals surface area contributed by atoms with E-state index >= 15 is 0 Å². The van der Waals surface area contributed by atoms with Gasteiger partial charge in [-0.15, -0.1) is 11.8 Å². The standard InChI is InChI=1S/C23H21NO4S/c1-27-19-11-10-17-13-16(7-9-18(17)14-19)8-12-23(26)28-15-22(25)24-20-5-3-4-6-21(20)29-2/h3-14H,15H2,1-2H3,(H,24,25)/b12-8+. The number of carbonyl (C=O) groups is 2. The summed E-state index contributed by atoms with van der Waals surface area (Å²) in [5, 5.41) is 4.83. The minimum atomic E-state index is -0.576. The predicted octanol–water partition coefficient (Wildman–Crippen LogP) is 4.77. The molecule has 0 bridgehead atoms. The third-order valence-corrected chi connectivity index (χ3v) is 5.01. The van der Waals surface area contributed by atoms with Crippen LogP contribution in [0.1, 0.15) is 5.56 Å². The monoisotopic (exact) mass is 407 g/mol. The number of benzene rings is 3. The van der Waals surface area contributed by atoms with Gasteiger partial charge in [0.05, 0.1) is 12.8 Å². The summed E-state index contributed by atoms with van der Waals surface area (Å²) >= 11 is 1.53. The molecule has 3 aromatic carbocycles.